The van der Waals surface area contributed by atoms with Crippen LogP contribution in [-0.2, 0) is 10.0 Å². The number of hydrogen-bond donors (Lipinski definition) is 1. The van der Waals surface area contributed by atoms with Gasteiger partial charge in [-0.1, -0.05) is 36.4 Å². The van der Waals surface area contributed by atoms with Crippen LogP contribution in [-0.4, -0.2) is 76.6 Å². The van der Waals surface area contributed by atoms with Crippen LogP contribution in [0, 0.1) is 11.8 Å². The molecule has 4 fully saturated rings. The van der Waals surface area contributed by atoms with E-state index in [-0.39, 0.29) is 0 Å². The second kappa shape index (κ2) is 9.51. The molecule has 0 radical (unpaired) electrons. The van der Waals surface area contributed by atoms with Gasteiger partial charge in [-0.05, 0) is 55.5 Å². The van der Waals surface area contributed by atoms with E-state index in [4.69, 9.17) is 0 Å². The van der Waals surface area contributed by atoms with Gasteiger partial charge in [0.1, 0.15) is 0 Å². The minimum Gasteiger partial charge on any atom is -0.369 e. The van der Waals surface area contributed by atoms with Crippen LogP contribution in [0.3, 0.4) is 0 Å². The van der Waals surface area contributed by atoms with Crippen LogP contribution in [0.1, 0.15) is 12.8 Å². The molecular formula is C25H34N4O2S. The summed E-state index contributed by atoms with van der Waals surface area (Å²) in [5, 5.41) is 0. The molecule has 7 heteroatoms. The van der Waals surface area contributed by atoms with Gasteiger partial charge in [-0.2, -0.15) is 0 Å². The van der Waals surface area contributed by atoms with Crippen molar-refractivity contribution in [2.75, 3.05) is 57.3 Å². The summed E-state index contributed by atoms with van der Waals surface area (Å²) in [6.45, 7) is 8.31. The van der Waals surface area contributed by atoms with Crippen molar-refractivity contribution >= 4 is 15.7 Å². The lowest BCUT2D eigenvalue weighted by Crippen LogP contribution is -2.59. The summed E-state index contributed by atoms with van der Waals surface area (Å²) < 4.78 is 28.1. The SMILES string of the molecule is O=S(=O)(NC[C@H]1C[C@@H]2CCN1C[C@@H]2CN1CCN(c2ccccc2)CC1)c1ccccc1. The normalized spacial score (nSPS) is 28.7. The van der Waals surface area contributed by atoms with Crippen molar-refractivity contribution in [3.8, 4) is 0 Å². The number of rotatable bonds is 7. The standard InChI is InChI=1S/C25H34N4O2S/c30-32(31,25-9-5-2-6-10-25)26-18-24-17-21-11-12-29(24)20-22(21)19-27-13-15-28(16-14-27)23-7-3-1-4-8-23/h1-10,21-22,24,26H,11-20H2/t21-,22-,24+/m0/s1. The van der Waals surface area contributed by atoms with E-state index < -0.39 is 10.0 Å². The van der Waals surface area contributed by atoms with Crippen LogP contribution in [0.15, 0.2) is 65.6 Å². The highest BCUT2D eigenvalue weighted by atomic mass is 32.2. The number of piperazine rings is 1. The highest BCUT2D eigenvalue weighted by Gasteiger charge is 2.41. The number of nitrogens with zero attached hydrogens (tertiary/aromatic N) is 3. The van der Waals surface area contributed by atoms with E-state index in [2.05, 4.69) is 49.8 Å². The maximum Gasteiger partial charge on any atom is 0.240 e. The van der Waals surface area contributed by atoms with E-state index in [0.29, 0.717) is 29.3 Å². The summed E-state index contributed by atoms with van der Waals surface area (Å²) in [6.07, 6.45) is 2.35. The van der Waals surface area contributed by atoms with Gasteiger partial charge in [0.25, 0.3) is 0 Å². The third-order valence-electron chi connectivity index (χ3n) is 7.56. The molecule has 0 aliphatic carbocycles. The van der Waals surface area contributed by atoms with Crippen molar-refractivity contribution < 1.29 is 8.42 Å². The van der Waals surface area contributed by atoms with Crippen LogP contribution in [0.25, 0.3) is 0 Å². The van der Waals surface area contributed by atoms with Crippen LogP contribution in [0.2, 0.25) is 0 Å². The first kappa shape index (κ1) is 21.9. The molecule has 1 unspecified atom stereocenters. The average molecular weight is 455 g/mol. The smallest absolute Gasteiger partial charge is 0.240 e. The van der Waals surface area contributed by atoms with E-state index >= 15 is 0 Å². The molecule has 6 nitrogen and oxygen atoms in total. The van der Waals surface area contributed by atoms with E-state index in [1.807, 2.05) is 6.07 Å². The Morgan fingerprint density at radius 2 is 1.56 bits per heavy atom. The van der Waals surface area contributed by atoms with Gasteiger partial charge in [-0.3, -0.25) is 9.80 Å². The summed E-state index contributed by atoms with van der Waals surface area (Å²) in [4.78, 5) is 8.00. The maximum absolute atomic E-state index is 12.6. The van der Waals surface area contributed by atoms with Gasteiger partial charge in [-0.15, -0.1) is 0 Å². The van der Waals surface area contributed by atoms with Crippen LogP contribution < -0.4 is 9.62 Å². The van der Waals surface area contributed by atoms with Crippen molar-refractivity contribution in [2.24, 2.45) is 11.8 Å². The quantitative estimate of drug-likeness (QED) is 0.697. The molecule has 0 amide bonds. The molecular weight excluding hydrogens is 420 g/mol. The Morgan fingerprint density at radius 3 is 2.22 bits per heavy atom. The van der Waals surface area contributed by atoms with E-state index in [1.165, 1.54) is 18.7 Å². The number of benzene rings is 2. The Labute approximate surface area is 192 Å². The Balaban J connectivity index is 1.11. The Kier molecular flexibility index (Phi) is 6.51. The van der Waals surface area contributed by atoms with Crippen molar-refractivity contribution in [1.82, 2.24) is 14.5 Å². The molecule has 0 saturated carbocycles. The highest BCUT2D eigenvalue weighted by molar-refractivity contribution is 7.89. The Bertz CT molecular complexity index is 978. The monoisotopic (exact) mass is 454 g/mol. The van der Waals surface area contributed by atoms with Crippen LogP contribution in [0.5, 0.6) is 0 Å². The number of fused-ring (bicyclic) bond motifs is 3. The lowest BCUT2D eigenvalue weighted by Gasteiger charge is -2.51. The van der Waals surface area contributed by atoms with Gasteiger partial charge in [0, 0.05) is 57.5 Å². The summed E-state index contributed by atoms with van der Waals surface area (Å²) >= 11 is 0. The summed E-state index contributed by atoms with van der Waals surface area (Å²) in [5.74, 6) is 1.41. The van der Waals surface area contributed by atoms with Gasteiger partial charge in [0.05, 0.1) is 4.90 Å². The van der Waals surface area contributed by atoms with Crippen molar-refractivity contribution in [3.63, 3.8) is 0 Å². The Hall–Kier alpha value is -1.93. The molecule has 4 heterocycles. The second-order valence-electron chi connectivity index (χ2n) is 9.48. The fourth-order valence-corrected chi connectivity index (χ4v) is 6.81. The first-order valence-electron chi connectivity index (χ1n) is 11.9. The molecule has 32 heavy (non-hydrogen) atoms. The zero-order chi connectivity index (χ0) is 22.0. The minimum atomic E-state index is -3.43. The lowest BCUT2D eigenvalue weighted by molar-refractivity contribution is -0.0107. The van der Waals surface area contributed by atoms with E-state index in [9.17, 15) is 8.42 Å². The van der Waals surface area contributed by atoms with Gasteiger partial charge in [-0.25, -0.2) is 13.1 Å². The van der Waals surface area contributed by atoms with Gasteiger partial charge >= 0.3 is 0 Å². The predicted octanol–water partition coefficient (Wildman–Crippen LogP) is 2.50. The molecule has 4 aliphatic rings. The number of piperidine rings is 3. The summed E-state index contributed by atoms with van der Waals surface area (Å²) in [5.41, 5.74) is 1.33. The van der Waals surface area contributed by atoms with E-state index in [1.54, 1.807) is 24.3 Å². The molecule has 2 aromatic carbocycles. The zero-order valence-corrected chi connectivity index (χ0v) is 19.5. The average Bonchev–Trinajstić information content (AvgIpc) is 2.85. The molecule has 6 rings (SSSR count). The Morgan fingerprint density at radius 1 is 0.875 bits per heavy atom. The molecule has 4 aliphatic heterocycles. The molecule has 0 spiro atoms. The molecule has 4 atom stereocenters. The summed E-state index contributed by atoms with van der Waals surface area (Å²) in [6, 6.07) is 19.7. The fraction of sp³-hybridized carbons (Fsp3) is 0.520. The van der Waals surface area contributed by atoms with Crippen molar-refractivity contribution in [1.29, 1.82) is 0 Å². The van der Waals surface area contributed by atoms with Gasteiger partial charge in [0.15, 0.2) is 0 Å². The second-order valence-corrected chi connectivity index (χ2v) is 11.2. The van der Waals surface area contributed by atoms with E-state index in [0.717, 1.165) is 45.7 Å². The number of hydrogen-bond acceptors (Lipinski definition) is 5. The first-order valence-corrected chi connectivity index (χ1v) is 13.4. The lowest BCUT2D eigenvalue weighted by atomic mass is 9.75. The fourth-order valence-electron chi connectivity index (χ4n) is 5.72. The minimum absolute atomic E-state index is 0.318. The highest BCUT2D eigenvalue weighted by Crippen LogP contribution is 2.36. The van der Waals surface area contributed by atoms with Crippen molar-refractivity contribution in [3.05, 3.63) is 60.7 Å². The zero-order valence-electron chi connectivity index (χ0n) is 18.6. The molecule has 4 saturated heterocycles. The predicted molar refractivity (Wildman–Crippen MR) is 128 cm³/mol. The third kappa shape index (κ3) is 4.86. The summed E-state index contributed by atoms with van der Waals surface area (Å²) in [7, 11) is -3.43. The van der Waals surface area contributed by atoms with Crippen LogP contribution in [0.4, 0.5) is 5.69 Å². The molecule has 2 aromatic rings. The molecule has 2 bridgehead atoms. The first-order chi connectivity index (χ1) is 15.6. The third-order valence-corrected chi connectivity index (χ3v) is 9.00. The molecule has 1 N–H and O–H groups in total. The molecule has 172 valence electrons. The number of nitrogens with one attached hydrogen (secondary N) is 1. The van der Waals surface area contributed by atoms with Gasteiger partial charge < -0.3 is 4.90 Å². The number of anilines is 1. The molecule has 0 aromatic heterocycles. The maximum atomic E-state index is 12.6. The van der Waals surface area contributed by atoms with Crippen LogP contribution >= 0.6 is 0 Å². The largest absolute Gasteiger partial charge is 0.369 e. The topological polar surface area (TPSA) is 55.9 Å². The van der Waals surface area contributed by atoms with Crippen molar-refractivity contribution in [2.45, 2.75) is 23.8 Å². The number of sulfonamides is 1. The van der Waals surface area contributed by atoms with Gasteiger partial charge in [0.2, 0.25) is 10.0 Å². The number of para-hydroxylation sites is 1.